The minimum atomic E-state index is -2.96. The zero-order chi connectivity index (χ0) is 22.8. The maximum atomic E-state index is 13.3. The Morgan fingerprint density at radius 1 is 1.16 bits per heavy atom. The summed E-state index contributed by atoms with van der Waals surface area (Å²) in [6.45, 7) is -1.33. The fourth-order valence-corrected chi connectivity index (χ4v) is 3.61. The molecule has 0 saturated carbocycles. The largest absolute Gasteiger partial charge is 0.435 e. The minimum absolute atomic E-state index is 0.0182. The fourth-order valence-electron chi connectivity index (χ4n) is 3.61. The lowest BCUT2D eigenvalue weighted by molar-refractivity contribution is -0.155. The molecule has 0 radical (unpaired) electrons. The van der Waals surface area contributed by atoms with Crippen LogP contribution in [0.2, 0.25) is 0 Å². The Labute approximate surface area is 178 Å². The molecule has 1 aliphatic rings. The van der Waals surface area contributed by atoms with E-state index in [9.17, 15) is 23.6 Å². The molecule has 1 fully saturated rings. The van der Waals surface area contributed by atoms with Gasteiger partial charge >= 0.3 is 6.61 Å². The molecule has 1 heterocycles. The summed E-state index contributed by atoms with van der Waals surface area (Å²) >= 11 is 0. The highest BCUT2D eigenvalue weighted by molar-refractivity contribution is 6.08. The normalized spacial score (nSPS) is 20.4. The second kappa shape index (κ2) is 8.56. The van der Waals surface area contributed by atoms with Crippen molar-refractivity contribution in [2.75, 3.05) is 14.1 Å². The smallest absolute Gasteiger partial charge is 0.387 e. The maximum Gasteiger partial charge on any atom is 0.387 e. The number of likely N-dealkylation sites (N-methyl/N-ethyl adjacent to an activating group) is 2. The summed E-state index contributed by atoms with van der Waals surface area (Å²) in [7, 11) is 3.03. The summed E-state index contributed by atoms with van der Waals surface area (Å²) in [4.78, 5) is 29.1. The first kappa shape index (κ1) is 22.0. The van der Waals surface area contributed by atoms with Crippen molar-refractivity contribution in [2.24, 2.45) is 0 Å². The molecular formula is C23H21F2N3O3. The summed E-state index contributed by atoms with van der Waals surface area (Å²) in [5.74, 6) is -0.747. The molecule has 1 aliphatic heterocycles. The van der Waals surface area contributed by atoms with Crippen LogP contribution in [0, 0.1) is 11.3 Å². The topological polar surface area (TPSA) is 73.6 Å². The first-order chi connectivity index (χ1) is 14.7. The van der Waals surface area contributed by atoms with Gasteiger partial charge in [0.05, 0.1) is 11.6 Å². The number of amides is 2. The van der Waals surface area contributed by atoms with E-state index in [0.29, 0.717) is 16.7 Å². The number of carbonyl (C=O) groups excluding carboxylic acids is 2. The van der Waals surface area contributed by atoms with Gasteiger partial charge in [0.1, 0.15) is 17.0 Å². The quantitative estimate of drug-likeness (QED) is 0.688. The van der Waals surface area contributed by atoms with E-state index < -0.39 is 18.1 Å². The Morgan fingerprint density at radius 3 is 2.55 bits per heavy atom. The van der Waals surface area contributed by atoms with Crippen molar-refractivity contribution in [1.29, 1.82) is 5.26 Å². The number of ether oxygens (including phenoxy) is 1. The third-order valence-corrected chi connectivity index (χ3v) is 5.44. The molecule has 0 spiro atoms. The summed E-state index contributed by atoms with van der Waals surface area (Å²) in [5, 5.41) is 9.30. The van der Waals surface area contributed by atoms with Crippen LogP contribution in [0.5, 0.6) is 5.75 Å². The highest BCUT2D eigenvalue weighted by atomic mass is 19.3. The molecule has 0 aromatic heterocycles. The minimum Gasteiger partial charge on any atom is -0.435 e. The fraction of sp³-hybridized carbons (Fsp3) is 0.261. The Bertz CT molecular complexity index is 1090. The number of rotatable bonds is 5. The van der Waals surface area contributed by atoms with E-state index >= 15 is 0 Å². The van der Waals surface area contributed by atoms with Crippen LogP contribution in [0.3, 0.4) is 0 Å². The van der Waals surface area contributed by atoms with E-state index in [4.69, 9.17) is 0 Å². The van der Waals surface area contributed by atoms with Crippen LogP contribution in [0.1, 0.15) is 23.6 Å². The van der Waals surface area contributed by atoms with Crippen LogP contribution in [0.4, 0.5) is 8.78 Å². The molecule has 0 N–H and O–H groups in total. The molecule has 2 aromatic carbocycles. The van der Waals surface area contributed by atoms with Crippen LogP contribution >= 0.6 is 0 Å². The van der Waals surface area contributed by atoms with E-state index in [1.54, 1.807) is 43.3 Å². The van der Waals surface area contributed by atoms with Crippen LogP contribution in [0.15, 0.2) is 54.2 Å². The Balaban J connectivity index is 1.94. The first-order valence-electron chi connectivity index (χ1n) is 9.48. The third kappa shape index (κ3) is 4.26. The highest BCUT2D eigenvalue weighted by Crippen LogP contribution is 2.32. The molecule has 160 valence electrons. The van der Waals surface area contributed by atoms with Gasteiger partial charge in [0.15, 0.2) is 0 Å². The van der Waals surface area contributed by atoms with Gasteiger partial charge in [0.25, 0.3) is 11.8 Å². The summed E-state index contributed by atoms with van der Waals surface area (Å²) in [6, 6.07) is 14.9. The molecular weight excluding hydrogens is 404 g/mol. The van der Waals surface area contributed by atoms with Gasteiger partial charge in [-0.1, -0.05) is 30.3 Å². The molecule has 8 heteroatoms. The van der Waals surface area contributed by atoms with Gasteiger partial charge in [-0.15, -0.1) is 0 Å². The lowest BCUT2D eigenvalue weighted by Gasteiger charge is -2.45. The molecule has 1 unspecified atom stereocenters. The number of hydrogen-bond acceptors (Lipinski definition) is 4. The summed E-state index contributed by atoms with van der Waals surface area (Å²) in [5.41, 5.74) is 0.394. The SMILES string of the molecule is CN1C(=O)C(C)(Cc2cccc(OC(F)F)c2)N(C)C(=O)C1=Cc1ccccc1C#N. The van der Waals surface area contributed by atoms with Crippen molar-refractivity contribution in [3.05, 3.63) is 70.9 Å². The number of nitrogens with zero attached hydrogens (tertiary/aromatic N) is 3. The number of hydrogen-bond donors (Lipinski definition) is 0. The van der Waals surface area contributed by atoms with Gasteiger partial charge < -0.3 is 14.5 Å². The van der Waals surface area contributed by atoms with Gasteiger partial charge in [0, 0.05) is 20.5 Å². The Kier molecular flexibility index (Phi) is 6.07. The maximum absolute atomic E-state index is 13.3. The molecule has 2 aromatic rings. The van der Waals surface area contributed by atoms with Gasteiger partial charge in [-0.2, -0.15) is 14.0 Å². The molecule has 0 bridgehead atoms. The van der Waals surface area contributed by atoms with E-state index in [-0.39, 0.29) is 23.8 Å². The van der Waals surface area contributed by atoms with Crippen molar-refractivity contribution in [1.82, 2.24) is 9.80 Å². The van der Waals surface area contributed by atoms with Crippen molar-refractivity contribution >= 4 is 17.9 Å². The van der Waals surface area contributed by atoms with E-state index in [1.165, 1.54) is 42.1 Å². The second-order valence-electron chi connectivity index (χ2n) is 7.43. The average Bonchev–Trinajstić information content (AvgIpc) is 2.74. The number of alkyl halides is 2. The molecule has 0 aliphatic carbocycles. The van der Waals surface area contributed by atoms with Gasteiger partial charge in [-0.25, -0.2) is 0 Å². The van der Waals surface area contributed by atoms with Crippen molar-refractivity contribution in [3.8, 4) is 11.8 Å². The average molecular weight is 425 g/mol. The van der Waals surface area contributed by atoms with E-state index in [2.05, 4.69) is 10.8 Å². The number of carbonyl (C=O) groups is 2. The third-order valence-electron chi connectivity index (χ3n) is 5.44. The Morgan fingerprint density at radius 2 is 1.87 bits per heavy atom. The number of benzene rings is 2. The van der Waals surface area contributed by atoms with Crippen molar-refractivity contribution < 1.29 is 23.1 Å². The lowest BCUT2D eigenvalue weighted by atomic mass is 9.86. The number of piperazine rings is 1. The van der Waals surface area contributed by atoms with Gasteiger partial charge in [-0.3, -0.25) is 9.59 Å². The second-order valence-corrected chi connectivity index (χ2v) is 7.43. The number of halogens is 2. The van der Waals surface area contributed by atoms with Crippen LogP contribution in [-0.4, -0.2) is 47.9 Å². The van der Waals surface area contributed by atoms with Gasteiger partial charge in [0.2, 0.25) is 0 Å². The summed E-state index contributed by atoms with van der Waals surface area (Å²) < 4.78 is 29.5. The predicted molar refractivity (Wildman–Crippen MR) is 110 cm³/mol. The zero-order valence-corrected chi connectivity index (χ0v) is 17.3. The molecule has 1 saturated heterocycles. The predicted octanol–water partition coefficient (Wildman–Crippen LogP) is 3.43. The first-order valence-corrected chi connectivity index (χ1v) is 9.48. The monoisotopic (exact) mass is 425 g/mol. The molecule has 1 atom stereocenters. The highest BCUT2D eigenvalue weighted by Gasteiger charge is 2.48. The van der Waals surface area contributed by atoms with Crippen LogP contribution in [0.25, 0.3) is 6.08 Å². The molecule has 6 nitrogen and oxygen atoms in total. The van der Waals surface area contributed by atoms with Crippen LogP contribution < -0.4 is 4.74 Å². The summed E-state index contributed by atoms with van der Waals surface area (Å²) in [6.07, 6.45) is 1.63. The van der Waals surface area contributed by atoms with Gasteiger partial charge in [-0.05, 0) is 42.3 Å². The molecule has 3 rings (SSSR count). The molecule has 2 amide bonds. The zero-order valence-electron chi connectivity index (χ0n) is 17.3. The van der Waals surface area contributed by atoms with E-state index in [0.717, 1.165) is 0 Å². The number of nitriles is 1. The standard InChI is InChI=1S/C23H21F2N3O3/c1-23(13-15-7-6-10-18(11-15)31-22(24)25)21(30)27(2)19(20(29)28(23)3)12-16-8-4-5-9-17(16)14-26/h4-12,22H,13H2,1-3H3. The van der Waals surface area contributed by atoms with Crippen LogP contribution in [-0.2, 0) is 16.0 Å². The molecule has 31 heavy (non-hydrogen) atoms. The van der Waals surface area contributed by atoms with E-state index in [1.807, 2.05) is 0 Å². The Hall–Kier alpha value is -3.73. The van der Waals surface area contributed by atoms with Crippen molar-refractivity contribution in [2.45, 2.75) is 25.5 Å². The lowest BCUT2D eigenvalue weighted by Crippen LogP contribution is -2.64. The van der Waals surface area contributed by atoms with Crippen molar-refractivity contribution in [3.63, 3.8) is 0 Å².